The number of anilines is 2. The number of thiazole rings is 1. The zero-order valence-electron chi connectivity index (χ0n) is 8.85. The van der Waals surface area contributed by atoms with Crippen molar-refractivity contribution in [3.8, 4) is 0 Å². The molecule has 0 aliphatic carbocycles. The monoisotopic (exact) mass is 304 g/mol. The summed E-state index contributed by atoms with van der Waals surface area (Å²) in [6.45, 7) is 0. The average Bonchev–Trinajstić information content (AvgIpc) is 2.71. The highest BCUT2D eigenvalue weighted by Gasteiger charge is 2.03. The summed E-state index contributed by atoms with van der Waals surface area (Å²) in [5, 5.41) is 4.23. The van der Waals surface area contributed by atoms with E-state index in [-0.39, 0.29) is 0 Å². The van der Waals surface area contributed by atoms with Gasteiger partial charge in [0.05, 0.1) is 10.2 Å². The van der Waals surface area contributed by atoms with E-state index >= 15 is 0 Å². The van der Waals surface area contributed by atoms with Crippen LogP contribution in [0.3, 0.4) is 0 Å². The molecule has 84 valence electrons. The van der Waals surface area contributed by atoms with Crippen LogP contribution in [0.2, 0.25) is 0 Å². The van der Waals surface area contributed by atoms with Crippen molar-refractivity contribution in [2.45, 2.75) is 0 Å². The van der Waals surface area contributed by atoms with Gasteiger partial charge in [0.25, 0.3) is 0 Å². The van der Waals surface area contributed by atoms with E-state index in [0.29, 0.717) is 0 Å². The first-order valence-corrected chi connectivity index (χ1v) is 6.80. The molecule has 1 heterocycles. The van der Waals surface area contributed by atoms with E-state index in [2.05, 4.69) is 32.3 Å². The Balaban J connectivity index is 1.96. The summed E-state index contributed by atoms with van der Waals surface area (Å²) in [5.74, 6) is 0. The molecule has 4 heteroatoms. The van der Waals surface area contributed by atoms with Gasteiger partial charge < -0.3 is 5.32 Å². The number of para-hydroxylation sites is 1. The number of hydrogen-bond donors (Lipinski definition) is 1. The molecule has 3 rings (SSSR count). The van der Waals surface area contributed by atoms with Gasteiger partial charge in [0.2, 0.25) is 0 Å². The van der Waals surface area contributed by atoms with E-state index in [4.69, 9.17) is 0 Å². The Kier molecular flexibility index (Phi) is 2.82. The van der Waals surface area contributed by atoms with Crippen LogP contribution in [0.25, 0.3) is 10.2 Å². The minimum absolute atomic E-state index is 0.921. The highest BCUT2D eigenvalue weighted by molar-refractivity contribution is 9.10. The molecule has 0 bridgehead atoms. The van der Waals surface area contributed by atoms with Crippen molar-refractivity contribution in [1.82, 2.24) is 4.98 Å². The molecule has 1 N–H and O–H groups in total. The third-order valence-corrected chi connectivity index (χ3v) is 3.82. The van der Waals surface area contributed by atoms with E-state index in [9.17, 15) is 0 Å². The first kappa shape index (κ1) is 10.7. The van der Waals surface area contributed by atoms with Crippen LogP contribution >= 0.6 is 27.3 Å². The fraction of sp³-hybridized carbons (Fsp3) is 0. The number of halogens is 1. The number of fused-ring (bicyclic) bond motifs is 1. The van der Waals surface area contributed by atoms with Crippen LogP contribution in [0.1, 0.15) is 0 Å². The molecule has 17 heavy (non-hydrogen) atoms. The maximum absolute atomic E-state index is 4.55. The number of nitrogens with zero attached hydrogens (tertiary/aromatic N) is 1. The predicted molar refractivity (Wildman–Crippen MR) is 77.0 cm³/mol. The molecule has 0 fully saturated rings. The van der Waals surface area contributed by atoms with Crippen LogP contribution in [0.15, 0.2) is 53.0 Å². The molecule has 0 radical (unpaired) electrons. The largest absolute Gasteiger partial charge is 0.332 e. The quantitative estimate of drug-likeness (QED) is 0.735. The standard InChI is InChI=1S/C13H9BrN2S/c14-9-6-7-12-11(8-9)16-13(17-12)15-10-4-2-1-3-5-10/h1-8H,(H,15,16). The number of benzene rings is 2. The Bertz CT molecular complexity index is 649. The van der Waals surface area contributed by atoms with Crippen LogP contribution < -0.4 is 5.32 Å². The topological polar surface area (TPSA) is 24.9 Å². The second kappa shape index (κ2) is 4.47. The fourth-order valence-electron chi connectivity index (χ4n) is 1.60. The van der Waals surface area contributed by atoms with E-state index in [1.54, 1.807) is 11.3 Å². The third-order valence-electron chi connectivity index (χ3n) is 2.37. The summed E-state index contributed by atoms with van der Waals surface area (Å²) in [6.07, 6.45) is 0. The van der Waals surface area contributed by atoms with Crippen molar-refractivity contribution in [2.75, 3.05) is 5.32 Å². The van der Waals surface area contributed by atoms with Gasteiger partial charge in [-0.25, -0.2) is 4.98 Å². The Morgan fingerprint density at radius 1 is 1.06 bits per heavy atom. The average molecular weight is 305 g/mol. The lowest BCUT2D eigenvalue weighted by atomic mass is 10.3. The molecule has 2 nitrogen and oxygen atoms in total. The van der Waals surface area contributed by atoms with Crippen molar-refractivity contribution in [3.05, 3.63) is 53.0 Å². The first-order chi connectivity index (χ1) is 8.31. The molecule has 3 aromatic rings. The van der Waals surface area contributed by atoms with Gasteiger partial charge >= 0.3 is 0 Å². The van der Waals surface area contributed by atoms with E-state index in [1.165, 1.54) is 4.70 Å². The molecule has 2 aromatic carbocycles. The van der Waals surface area contributed by atoms with Crippen LogP contribution in [0, 0.1) is 0 Å². The summed E-state index contributed by atoms with van der Waals surface area (Å²) in [5.41, 5.74) is 2.08. The van der Waals surface area contributed by atoms with E-state index in [0.717, 1.165) is 20.8 Å². The maximum atomic E-state index is 4.55. The fourth-order valence-corrected chi connectivity index (χ4v) is 2.81. The summed E-state index contributed by atoms with van der Waals surface area (Å²) >= 11 is 5.11. The van der Waals surface area contributed by atoms with Crippen molar-refractivity contribution in [2.24, 2.45) is 0 Å². The van der Waals surface area contributed by atoms with Gasteiger partial charge in [0.15, 0.2) is 5.13 Å². The molecule has 0 aliphatic rings. The van der Waals surface area contributed by atoms with Crippen molar-refractivity contribution in [1.29, 1.82) is 0 Å². The minimum Gasteiger partial charge on any atom is -0.332 e. The lowest BCUT2D eigenvalue weighted by Crippen LogP contribution is -1.87. The van der Waals surface area contributed by atoms with Crippen LogP contribution in [-0.2, 0) is 0 Å². The molecular weight excluding hydrogens is 296 g/mol. The third kappa shape index (κ3) is 2.33. The zero-order valence-corrected chi connectivity index (χ0v) is 11.3. The SMILES string of the molecule is Brc1ccc2sc(Nc3ccccc3)nc2c1. The van der Waals surface area contributed by atoms with Gasteiger partial charge in [0.1, 0.15) is 0 Å². The van der Waals surface area contributed by atoms with Crippen molar-refractivity contribution in [3.63, 3.8) is 0 Å². The molecule has 0 spiro atoms. The predicted octanol–water partition coefficient (Wildman–Crippen LogP) is 4.80. The summed E-state index contributed by atoms with van der Waals surface area (Å²) in [6, 6.07) is 16.2. The molecule has 0 unspecified atom stereocenters. The molecule has 1 aromatic heterocycles. The number of rotatable bonds is 2. The lowest BCUT2D eigenvalue weighted by Gasteiger charge is -1.99. The number of hydrogen-bond acceptors (Lipinski definition) is 3. The van der Waals surface area contributed by atoms with Gasteiger partial charge in [-0.1, -0.05) is 45.5 Å². The molecule has 0 aliphatic heterocycles. The van der Waals surface area contributed by atoms with Crippen molar-refractivity contribution < 1.29 is 0 Å². The number of nitrogens with one attached hydrogen (secondary N) is 1. The Morgan fingerprint density at radius 2 is 1.88 bits per heavy atom. The van der Waals surface area contributed by atoms with E-state index in [1.807, 2.05) is 42.5 Å². The second-order valence-corrected chi connectivity index (χ2v) is 5.57. The van der Waals surface area contributed by atoms with Gasteiger partial charge in [-0.3, -0.25) is 0 Å². The van der Waals surface area contributed by atoms with Gasteiger partial charge in [-0.05, 0) is 30.3 Å². The van der Waals surface area contributed by atoms with Crippen molar-refractivity contribution >= 4 is 48.3 Å². The van der Waals surface area contributed by atoms with Gasteiger partial charge in [-0.2, -0.15) is 0 Å². The molecule has 0 saturated carbocycles. The summed E-state index contributed by atoms with van der Waals surface area (Å²) in [4.78, 5) is 4.55. The van der Waals surface area contributed by atoms with Gasteiger partial charge in [-0.15, -0.1) is 0 Å². The summed E-state index contributed by atoms with van der Waals surface area (Å²) < 4.78 is 2.24. The molecule has 0 saturated heterocycles. The van der Waals surface area contributed by atoms with Gasteiger partial charge in [0, 0.05) is 10.2 Å². The van der Waals surface area contributed by atoms with Crippen LogP contribution in [-0.4, -0.2) is 4.98 Å². The minimum atomic E-state index is 0.921. The highest BCUT2D eigenvalue weighted by atomic mass is 79.9. The Labute approximate surface area is 111 Å². The number of aromatic nitrogens is 1. The lowest BCUT2D eigenvalue weighted by molar-refractivity contribution is 1.44. The first-order valence-electron chi connectivity index (χ1n) is 5.19. The summed E-state index contributed by atoms with van der Waals surface area (Å²) in [7, 11) is 0. The smallest absolute Gasteiger partial charge is 0.188 e. The normalized spacial score (nSPS) is 10.6. The zero-order chi connectivity index (χ0) is 11.7. The molecular formula is C13H9BrN2S. The maximum Gasteiger partial charge on any atom is 0.188 e. The Morgan fingerprint density at radius 3 is 2.71 bits per heavy atom. The van der Waals surface area contributed by atoms with E-state index < -0.39 is 0 Å². The van der Waals surface area contributed by atoms with Crippen LogP contribution in [0.4, 0.5) is 10.8 Å². The molecule has 0 amide bonds. The second-order valence-electron chi connectivity index (χ2n) is 3.62. The molecule has 0 atom stereocenters. The van der Waals surface area contributed by atoms with Crippen LogP contribution in [0.5, 0.6) is 0 Å². The Hall–Kier alpha value is -1.39. The highest BCUT2D eigenvalue weighted by Crippen LogP contribution is 2.29.